The molecule has 1 saturated heterocycles. The van der Waals surface area contributed by atoms with E-state index >= 15 is 0 Å². The standard InChI is InChI=1S/C28H19BrCl2F3N3O3/c1-2-14-3-9-20-25(39)37(36-24-21(31)11-16(13-35-24)28(32,33)34)26(40)27(20,15-4-7-18(30)8-5-15)23(14)19-12-17(29)6-10-22(19)38/h2-8,10-13,20,23,38H,1,9H2,(H,35,36)/t20-,23+,27+/m0/s1. The van der Waals surface area contributed by atoms with Gasteiger partial charge < -0.3 is 5.11 Å². The van der Waals surface area contributed by atoms with Gasteiger partial charge >= 0.3 is 6.18 Å². The quantitative estimate of drug-likeness (QED) is 0.280. The molecule has 5 rings (SSSR count). The van der Waals surface area contributed by atoms with Crippen LogP contribution in [0.15, 0.2) is 83.5 Å². The first kappa shape index (κ1) is 28.2. The number of carbonyl (C=O) groups excluding carboxylic acids is 2. The van der Waals surface area contributed by atoms with E-state index in [1.807, 2.05) is 0 Å². The zero-order valence-electron chi connectivity index (χ0n) is 20.3. The first-order chi connectivity index (χ1) is 18.9. The fraction of sp³-hybridized carbons (Fsp3) is 0.179. The number of amides is 2. The molecule has 1 aliphatic carbocycles. The Morgan fingerprint density at radius 1 is 1.15 bits per heavy atom. The van der Waals surface area contributed by atoms with E-state index in [9.17, 15) is 27.9 Å². The van der Waals surface area contributed by atoms with Crippen LogP contribution < -0.4 is 5.43 Å². The number of nitrogens with one attached hydrogen (secondary N) is 1. The molecule has 0 unspecified atom stereocenters. The number of nitrogens with zero attached hydrogens (tertiary/aromatic N) is 2. The highest BCUT2D eigenvalue weighted by Crippen LogP contribution is 2.59. The number of allylic oxidation sites excluding steroid dienone is 3. The second kappa shape index (κ2) is 10.2. The molecule has 0 radical (unpaired) electrons. The number of halogens is 6. The molecule has 1 aliphatic heterocycles. The molecule has 0 saturated carbocycles. The van der Waals surface area contributed by atoms with Crippen LogP contribution >= 0.6 is 39.1 Å². The van der Waals surface area contributed by atoms with Crippen molar-refractivity contribution in [2.45, 2.75) is 23.9 Å². The Labute approximate surface area is 245 Å². The van der Waals surface area contributed by atoms with Gasteiger partial charge in [-0.1, -0.05) is 70.0 Å². The van der Waals surface area contributed by atoms with Crippen LogP contribution in [0, 0.1) is 5.92 Å². The SMILES string of the molecule is C=CC1=CC[C@H]2C(=O)N(Nc3ncc(C(F)(F)F)cc3Cl)C(=O)[C@@]2(c2ccc(Cl)cc2)[C@H]1c1cc(Br)ccc1O. The zero-order chi connectivity index (χ0) is 29.0. The van der Waals surface area contributed by atoms with Gasteiger partial charge in [0, 0.05) is 27.2 Å². The van der Waals surface area contributed by atoms with Crippen LogP contribution in [-0.2, 0) is 21.2 Å². The Balaban J connectivity index is 1.71. The lowest BCUT2D eigenvalue weighted by molar-refractivity contribution is -0.139. The molecule has 3 aromatic rings. The van der Waals surface area contributed by atoms with E-state index in [1.54, 1.807) is 48.6 Å². The third-order valence-electron chi connectivity index (χ3n) is 7.25. The van der Waals surface area contributed by atoms with Gasteiger partial charge in [-0.2, -0.15) is 18.2 Å². The molecule has 40 heavy (non-hydrogen) atoms. The van der Waals surface area contributed by atoms with Gasteiger partial charge in [-0.15, -0.1) is 0 Å². The van der Waals surface area contributed by atoms with E-state index in [4.69, 9.17) is 23.2 Å². The number of hydrogen-bond donors (Lipinski definition) is 2. The number of carbonyl (C=O) groups is 2. The molecule has 1 fully saturated rings. The number of phenolic OH excluding ortho intramolecular Hbond substituents is 1. The molecule has 2 N–H and O–H groups in total. The summed E-state index contributed by atoms with van der Waals surface area (Å²) in [5.41, 5.74) is 1.31. The summed E-state index contributed by atoms with van der Waals surface area (Å²) < 4.78 is 40.1. The summed E-state index contributed by atoms with van der Waals surface area (Å²) >= 11 is 15.7. The number of phenols is 1. The van der Waals surface area contributed by atoms with Crippen molar-refractivity contribution in [1.82, 2.24) is 9.99 Å². The van der Waals surface area contributed by atoms with Gasteiger partial charge in [0.15, 0.2) is 5.82 Å². The lowest BCUT2D eigenvalue weighted by Gasteiger charge is -2.43. The van der Waals surface area contributed by atoms with Crippen molar-refractivity contribution in [2.24, 2.45) is 5.92 Å². The average molecular weight is 653 g/mol. The van der Waals surface area contributed by atoms with Crippen molar-refractivity contribution in [3.63, 3.8) is 0 Å². The number of hydrogen-bond acceptors (Lipinski definition) is 5. The highest BCUT2D eigenvalue weighted by molar-refractivity contribution is 9.10. The maximum atomic E-state index is 14.5. The van der Waals surface area contributed by atoms with Crippen LogP contribution in [0.5, 0.6) is 5.75 Å². The third kappa shape index (κ3) is 4.48. The van der Waals surface area contributed by atoms with Crippen LogP contribution in [0.3, 0.4) is 0 Å². The number of pyridine rings is 1. The molecule has 206 valence electrons. The number of hydrazine groups is 1. The highest BCUT2D eigenvalue weighted by Gasteiger charge is 2.66. The second-order valence-electron chi connectivity index (χ2n) is 9.35. The van der Waals surface area contributed by atoms with Gasteiger partial charge in [0.05, 0.1) is 21.9 Å². The fourth-order valence-corrected chi connectivity index (χ4v) is 6.23. The van der Waals surface area contributed by atoms with E-state index in [0.29, 0.717) is 38.5 Å². The Bertz CT molecular complexity index is 1580. The maximum absolute atomic E-state index is 14.5. The molecule has 0 bridgehead atoms. The number of aromatic nitrogens is 1. The van der Waals surface area contributed by atoms with Gasteiger partial charge in [-0.3, -0.25) is 15.0 Å². The van der Waals surface area contributed by atoms with Crippen molar-refractivity contribution in [3.8, 4) is 5.75 Å². The average Bonchev–Trinajstić information content (AvgIpc) is 3.12. The molecule has 0 spiro atoms. The topological polar surface area (TPSA) is 82.5 Å². The van der Waals surface area contributed by atoms with Crippen molar-refractivity contribution in [3.05, 3.63) is 110 Å². The number of aromatic hydroxyl groups is 1. The molecule has 2 heterocycles. The Hall–Kier alpha value is -3.34. The third-order valence-corrected chi connectivity index (χ3v) is 8.28. The molecule has 6 nitrogen and oxygen atoms in total. The minimum absolute atomic E-state index is 0.103. The van der Waals surface area contributed by atoms with Crippen LogP contribution in [0.4, 0.5) is 19.0 Å². The number of benzene rings is 2. The van der Waals surface area contributed by atoms with Gasteiger partial charge in [-0.05, 0) is 54.0 Å². The number of fused-ring (bicyclic) bond motifs is 1. The lowest BCUT2D eigenvalue weighted by atomic mass is 9.56. The van der Waals surface area contributed by atoms with Crippen molar-refractivity contribution < 1.29 is 27.9 Å². The Kier molecular flexibility index (Phi) is 7.22. The van der Waals surface area contributed by atoms with Crippen LogP contribution in [0.1, 0.15) is 29.0 Å². The molecular weight excluding hydrogens is 634 g/mol. The summed E-state index contributed by atoms with van der Waals surface area (Å²) in [6, 6.07) is 11.9. The Morgan fingerprint density at radius 3 is 2.48 bits per heavy atom. The monoisotopic (exact) mass is 651 g/mol. The summed E-state index contributed by atoms with van der Waals surface area (Å²) in [4.78, 5) is 32.2. The van der Waals surface area contributed by atoms with Crippen molar-refractivity contribution in [1.29, 1.82) is 0 Å². The maximum Gasteiger partial charge on any atom is 0.417 e. The van der Waals surface area contributed by atoms with Gasteiger partial charge in [0.1, 0.15) is 5.75 Å². The summed E-state index contributed by atoms with van der Waals surface area (Å²) in [6.07, 6.45) is -0.628. The van der Waals surface area contributed by atoms with E-state index in [1.165, 1.54) is 6.07 Å². The minimum atomic E-state index is -4.69. The summed E-state index contributed by atoms with van der Waals surface area (Å²) in [5, 5.41) is 11.7. The molecule has 1 aromatic heterocycles. The van der Waals surface area contributed by atoms with Gasteiger partial charge in [-0.25, -0.2) is 4.98 Å². The summed E-state index contributed by atoms with van der Waals surface area (Å²) in [6.45, 7) is 3.91. The Morgan fingerprint density at radius 2 is 1.85 bits per heavy atom. The van der Waals surface area contributed by atoms with Crippen LogP contribution in [0.2, 0.25) is 10.0 Å². The minimum Gasteiger partial charge on any atom is -0.508 e. The van der Waals surface area contributed by atoms with Crippen LogP contribution in [0.25, 0.3) is 0 Å². The normalized spacial score (nSPS) is 22.6. The molecule has 2 aliphatic rings. The molecule has 12 heteroatoms. The first-order valence-corrected chi connectivity index (χ1v) is 13.4. The smallest absolute Gasteiger partial charge is 0.417 e. The predicted molar refractivity (Wildman–Crippen MR) is 148 cm³/mol. The largest absolute Gasteiger partial charge is 0.508 e. The van der Waals surface area contributed by atoms with Gasteiger partial charge in [0.25, 0.3) is 11.8 Å². The number of alkyl halides is 3. The molecule has 2 amide bonds. The predicted octanol–water partition coefficient (Wildman–Crippen LogP) is 7.43. The number of rotatable bonds is 5. The summed E-state index contributed by atoms with van der Waals surface area (Å²) in [7, 11) is 0. The number of imide groups is 1. The molecular formula is C28H19BrCl2F3N3O3. The lowest BCUT2D eigenvalue weighted by Crippen LogP contribution is -2.48. The first-order valence-electron chi connectivity index (χ1n) is 11.8. The summed E-state index contributed by atoms with van der Waals surface area (Å²) in [5.74, 6) is -3.60. The van der Waals surface area contributed by atoms with Crippen molar-refractivity contribution in [2.75, 3.05) is 5.43 Å². The van der Waals surface area contributed by atoms with E-state index < -0.39 is 45.8 Å². The van der Waals surface area contributed by atoms with E-state index in [2.05, 4.69) is 32.9 Å². The highest BCUT2D eigenvalue weighted by atomic mass is 79.9. The second-order valence-corrected chi connectivity index (χ2v) is 11.1. The van der Waals surface area contributed by atoms with E-state index in [0.717, 1.165) is 5.01 Å². The molecule has 3 atom stereocenters. The zero-order valence-corrected chi connectivity index (χ0v) is 23.4. The van der Waals surface area contributed by atoms with Crippen LogP contribution in [-0.4, -0.2) is 26.9 Å². The molecule has 2 aromatic carbocycles. The fourth-order valence-electron chi connectivity index (χ4n) is 5.52. The van der Waals surface area contributed by atoms with Gasteiger partial charge in [0.2, 0.25) is 0 Å². The van der Waals surface area contributed by atoms with E-state index in [-0.39, 0.29) is 18.0 Å². The van der Waals surface area contributed by atoms with Crippen molar-refractivity contribution >= 4 is 56.8 Å². The number of anilines is 1.